The van der Waals surface area contributed by atoms with E-state index in [9.17, 15) is 4.79 Å². The average molecular weight is 371 g/mol. The van der Waals surface area contributed by atoms with Crippen LogP contribution < -0.4 is 5.32 Å². The highest BCUT2D eigenvalue weighted by Crippen LogP contribution is 2.30. The van der Waals surface area contributed by atoms with Crippen LogP contribution in [0.15, 0.2) is 35.7 Å². The van der Waals surface area contributed by atoms with Crippen LogP contribution in [0.5, 0.6) is 0 Å². The van der Waals surface area contributed by atoms with Gasteiger partial charge in [0, 0.05) is 35.9 Å². The third-order valence-electron chi connectivity index (χ3n) is 4.69. The smallest absolute Gasteiger partial charge is 0.270 e. The van der Waals surface area contributed by atoms with Crippen molar-refractivity contribution in [3.8, 4) is 10.7 Å². The summed E-state index contributed by atoms with van der Waals surface area (Å²) in [6.07, 6.45) is 0. The molecule has 5 nitrogen and oxygen atoms in total. The molecule has 1 aromatic carbocycles. The summed E-state index contributed by atoms with van der Waals surface area (Å²) in [5, 5.41) is 6.91. The summed E-state index contributed by atoms with van der Waals surface area (Å²) in [7, 11) is 0. The lowest BCUT2D eigenvalue weighted by Crippen LogP contribution is -2.34. The van der Waals surface area contributed by atoms with Crippen molar-refractivity contribution in [1.29, 1.82) is 0 Å². The molecule has 1 N–H and O–H groups in total. The quantitative estimate of drug-likeness (QED) is 0.655. The zero-order valence-corrected chi connectivity index (χ0v) is 16.5. The molecular formula is C20H26N4OS. The molecule has 3 aromatic rings. The van der Waals surface area contributed by atoms with Gasteiger partial charge in [-0.15, -0.1) is 11.3 Å². The Labute approximate surface area is 158 Å². The van der Waals surface area contributed by atoms with E-state index < -0.39 is 0 Å². The predicted octanol–water partition coefficient (Wildman–Crippen LogP) is 3.86. The Hall–Kier alpha value is -2.18. The van der Waals surface area contributed by atoms with Crippen molar-refractivity contribution in [2.24, 2.45) is 0 Å². The van der Waals surface area contributed by atoms with Crippen molar-refractivity contribution in [3.63, 3.8) is 0 Å². The van der Waals surface area contributed by atoms with E-state index in [2.05, 4.69) is 64.8 Å². The van der Waals surface area contributed by atoms with Gasteiger partial charge in [-0.05, 0) is 32.1 Å². The average Bonchev–Trinajstić information content (AvgIpc) is 3.29. The highest BCUT2D eigenvalue weighted by Gasteiger charge is 2.16. The molecule has 138 valence electrons. The Bertz CT molecular complexity index is 879. The summed E-state index contributed by atoms with van der Waals surface area (Å²) >= 11 is 1.52. The Morgan fingerprint density at radius 2 is 2.00 bits per heavy atom. The van der Waals surface area contributed by atoms with Crippen molar-refractivity contribution in [2.45, 2.75) is 27.3 Å². The molecule has 0 fully saturated rings. The van der Waals surface area contributed by atoms with E-state index in [0.717, 1.165) is 36.9 Å². The van der Waals surface area contributed by atoms with Crippen molar-refractivity contribution >= 4 is 28.1 Å². The lowest BCUT2D eigenvalue weighted by molar-refractivity contribution is 0.0944. The topological polar surface area (TPSA) is 50.2 Å². The van der Waals surface area contributed by atoms with Crippen LogP contribution in [0, 0.1) is 0 Å². The van der Waals surface area contributed by atoms with Crippen molar-refractivity contribution in [2.75, 3.05) is 26.2 Å². The highest BCUT2D eigenvalue weighted by atomic mass is 32.1. The number of fused-ring (bicyclic) bond motifs is 1. The van der Waals surface area contributed by atoms with Crippen LogP contribution in [0.1, 0.15) is 31.3 Å². The van der Waals surface area contributed by atoms with Crippen molar-refractivity contribution in [3.05, 3.63) is 41.4 Å². The van der Waals surface area contributed by atoms with E-state index in [1.807, 2.05) is 11.4 Å². The number of aromatic nitrogens is 2. The maximum Gasteiger partial charge on any atom is 0.270 e. The van der Waals surface area contributed by atoms with Gasteiger partial charge in [0.05, 0.1) is 5.69 Å². The van der Waals surface area contributed by atoms with Crippen LogP contribution in [-0.2, 0) is 6.54 Å². The maximum atomic E-state index is 12.4. The number of aryl methyl sites for hydroxylation is 1. The number of hydrogen-bond donors (Lipinski definition) is 1. The normalized spacial score (nSPS) is 11.4. The summed E-state index contributed by atoms with van der Waals surface area (Å²) in [6, 6.07) is 10.5. The zero-order chi connectivity index (χ0) is 18.5. The van der Waals surface area contributed by atoms with E-state index in [4.69, 9.17) is 0 Å². The minimum Gasteiger partial charge on any atom is -0.349 e. The van der Waals surface area contributed by atoms with Gasteiger partial charge >= 0.3 is 0 Å². The monoisotopic (exact) mass is 370 g/mol. The molecule has 0 saturated carbocycles. The minimum absolute atomic E-state index is 0.0983. The van der Waals surface area contributed by atoms with Crippen LogP contribution in [0.2, 0.25) is 0 Å². The van der Waals surface area contributed by atoms with E-state index in [1.54, 1.807) is 0 Å². The van der Waals surface area contributed by atoms with Crippen LogP contribution in [0.3, 0.4) is 0 Å². The van der Waals surface area contributed by atoms with E-state index in [0.29, 0.717) is 12.2 Å². The number of nitrogens with one attached hydrogen (secondary N) is 1. The number of thiazole rings is 1. The predicted molar refractivity (Wildman–Crippen MR) is 109 cm³/mol. The van der Waals surface area contributed by atoms with Crippen LogP contribution in [0.25, 0.3) is 21.6 Å². The number of carbonyl (C=O) groups is 1. The molecule has 0 unspecified atom stereocenters. The number of rotatable bonds is 8. The van der Waals surface area contributed by atoms with Crippen molar-refractivity contribution in [1.82, 2.24) is 19.8 Å². The summed E-state index contributed by atoms with van der Waals surface area (Å²) < 4.78 is 2.25. The molecule has 26 heavy (non-hydrogen) atoms. The first-order chi connectivity index (χ1) is 12.7. The Balaban J connectivity index is 1.75. The first-order valence-corrected chi connectivity index (χ1v) is 10.1. The van der Waals surface area contributed by atoms with Gasteiger partial charge in [0.2, 0.25) is 0 Å². The van der Waals surface area contributed by atoms with Crippen molar-refractivity contribution < 1.29 is 4.79 Å². The number of nitrogens with zero attached hydrogens (tertiary/aromatic N) is 3. The van der Waals surface area contributed by atoms with Crippen LogP contribution in [-0.4, -0.2) is 46.5 Å². The first-order valence-electron chi connectivity index (χ1n) is 9.22. The molecule has 0 saturated heterocycles. The number of hydrogen-bond acceptors (Lipinski definition) is 4. The van der Waals surface area contributed by atoms with Crippen LogP contribution >= 0.6 is 11.3 Å². The van der Waals surface area contributed by atoms with Gasteiger partial charge in [0.1, 0.15) is 10.7 Å². The minimum atomic E-state index is -0.0983. The fourth-order valence-corrected chi connectivity index (χ4v) is 4.01. The van der Waals surface area contributed by atoms with E-state index in [1.165, 1.54) is 22.2 Å². The summed E-state index contributed by atoms with van der Waals surface area (Å²) in [5.74, 6) is -0.0983. The molecule has 2 aromatic heterocycles. The molecule has 3 rings (SSSR count). The Morgan fingerprint density at radius 3 is 2.73 bits per heavy atom. The molecule has 2 heterocycles. The second-order valence-corrected chi connectivity index (χ2v) is 7.01. The summed E-state index contributed by atoms with van der Waals surface area (Å²) in [5.41, 5.74) is 2.77. The van der Waals surface area contributed by atoms with Crippen LogP contribution in [0.4, 0.5) is 0 Å². The SMILES string of the molecule is CCN(CC)CCNC(=O)c1csc(-c2cc3ccccc3n2CC)n1. The third kappa shape index (κ3) is 3.81. The molecule has 0 atom stereocenters. The number of amides is 1. The number of para-hydroxylation sites is 1. The highest BCUT2D eigenvalue weighted by molar-refractivity contribution is 7.13. The summed E-state index contributed by atoms with van der Waals surface area (Å²) in [6.45, 7) is 10.7. The molecule has 0 aliphatic rings. The van der Waals surface area contributed by atoms with Gasteiger partial charge in [0.15, 0.2) is 0 Å². The molecule has 0 aliphatic carbocycles. The maximum absolute atomic E-state index is 12.4. The number of carbonyl (C=O) groups excluding carboxylic acids is 1. The number of benzene rings is 1. The molecule has 6 heteroatoms. The molecule has 0 bridgehead atoms. The van der Waals surface area contributed by atoms with Gasteiger partial charge < -0.3 is 14.8 Å². The Morgan fingerprint density at radius 1 is 1.23 bits per heavy atom. The van der Waals surface area contributed by atoms with E-state index >= 15 is 0 Å². The van der Waals surface area contributed by atoms with Gasteiger partial charge in [-0.25, -0.2) is 4.98 Å². The largest absolute Gasteiger partial charge is 0.349 e. The number of likely N-dealkylation sites (N-methyl/N-ethyl adjacent to an activating group) is 1. The second-order valence-electron chi connectivity index (χ2n) is 6.15. The zero-order valence-electron chi connectivity index (χ0n) is 15.7. The van der Waals surface area contributed by atoms with Gasteiger partial charge in [-0.1, -0.05) is 32.0 Å². The summed E-state index contributed by atoms with van der Waals surface area (Å²) in [4.78, 5) is 19.3. The molecule has 0 aliphatic heterocycles. The lowest BCUT2D eigenvalue weighted by Gasteiger charge is -2.17. The first kappa shape index (κ1) is 18.6. The Kier molecular flexibility index (Phi) is 6.06. The third-order valence-corrected chi connectivity index (χ3v) is 5.56. The molecule has 1 amide bonds. The molecular weight excluding hydrogens is 344 g/mol. The fraction of sp³-hybridized carbons (Fsp3) is 0.400. The lowest BCUT2D eigenvalue weighted by atomic mass is 10.2. The standard InChI is InChI=1S/C20H26N4OS/c1-4-23(5-2)12-11-21-19(25)16-14-26-20(22-16)18-13-15-9-7-8-10-17(15)24(18)6-3/h7-10,13-14H,4-6,11-12H2,1-3H3,(H,21,25). The van der Waals surface area contributed by atoms with Gasteiger partial charge in [-0.2, -0.15) is 0 Å². The second kappa shape index (κ2) is 8.47. The van der Waals surface area contributed by atoms with Gasteiger partial charge in [-0.3, -0.25) is 4.79 Å². The molecule has 0 radical (unpaired) electrons. The van der Waals surface area contributed by atoms with E-state index in [-0.39, 0.29) is 5.91 Å². The fourth-order valence-electron chi connectivity index (χ4n) is 3.18. The van der Waals surface area contributed by atoms with Gasteiger partial charge in [0.25, 0.3) is 5.91 Å². The molecule has 0 spiro atoms.